The summed E-state index contributed by atoms with van der Waals surface area (Å²) < 4.78 is 0. The molecule has 0 spiro atoms. The molecule has 3 rings (SSSR count). The first kappa shape index (κ1) is 11.3. The predicted octanol–water partition coefficient (Wildman–Crippen LogP) is 1.24. The smallest absolute Gasteiger partial charge is 0.248 e. The third kappa shape index (κ3) is 1.71. The van der Waals surface area contributed by atoms with Crippen LogP contribution in [0.2, 0.25) is 0 Å². The Bertz CT molecular complexity index is 510. The Morgan fingerprint density at radius 3 is 2.94 bits per heavy atom. The minimum Gasteiger partial charge on any atom is -0.365 e. The molecule has 0 unspecified atom stereocenters. The van der Waals surface area contributed by atoms with Crippen molar-refractivity contribution in [3.05, 3.63) is 30.1 Å². The van der Waals surface area contributed by atoms with Crippen LogP contribution in [-0.2, 0) is 10.5 Å². The van der Waals surface area contributed by atoms with E-state index in [1.54, 1.807) is 24.5 Å². The first-order chi connectivity index (χ1) is 8.61. The molecule has 94 valence electrons. The minimum absolute atomic E-state index is 0.0304. The summed E-state index contributed by atoms with van der Waals surface area (Å²) in [6.45, 7) is 1.82. The molecule has 2 aliphatic rings. The third-order valence-electron chi connectivity index (χ3n) is 3.38. The van der Waals surface area contributed by atoms with Crippen LogP contribution in [0.25, 0.3) is 0 Å². The molecule has 1 N–H and O–H groups in total. The first-order valence-electron chi connectivity index (χ1n) is 6.12. The maximum atomic E-state index is 12.2. The van der Waals surface area contributed by atoms with Gasteiger partial charge in [0.25, 0.3) is 0 Å². The maximum absolute atomic E-state index is 12.2. The fourth-order valence-corrected chi connectivity index (χ4v) is 2.28. The summed E-state index contributed by atoms with van der Waals surface area (Å²) in [5.74, 6) is -0.0546. The van der Waals surface area contributed by atoms with E-state index in [9.17, 15) is 9.90 Å². The van der Waals surface area contributed by atoms with Crippen molar-refractivity contribution < 1.29 is 9.90 Å². The van der Waals surface area contributed by atoms with Gasteiger partial charge in [0.05, 0.1) is 0 Å². The van der Waals surface area contributed by atoms with Crippen LogP contribution in [0.1, 0.15) is 31.7 Å². The van der Waals surface area contributed by atoms with Gasteiger partial charge in [-0.05, 0) is 25.8 Å². The Kier molecular flexibility index (Phi) is 2.45. The highest BCUT2D eigenvalue weighted by Crippen LogP contribution is 2.40. The molecule has 1 aromatic rings. The van der Waals surface area contributed by atoms with Crippen LogP contribution in [0.15, 0.2) is 29.6 Å². The topological polar surface area (TPSA) is 65.8 Å². The van der Waals surface area contributed by atoms with Crippen molar-refractivity contribution in [2.75, 3.05) is 0 Å². The standard InChI is InChI=1S/C13H15N3O2/c1-9-7-13(18,11-3-2-6-14-8-11)16(15-9)12(17)10-4-5-10/h2-3,6,8,10,18H,4-5,7H2,1H3/t13-/m1/s1. The lowest BCUT2D eigenvalue weighted by molar-refractivity contribution is -0.159. The molecule has 5 nitrogen and oxygen atoms in total. The van der Waals surface area contributed by atoms with Crippen molar-refractivity contribution in [1.29, 1.82) is 0 Å². The van der Waals surface area contributed by atoms with Gasteiger partial charge in [-0.3, -0.25) is 9.78 Å². The van der Waals surface area contributed by atoms with E-state index >= 15 is 0 Å². The average Bonchev–Trinajstić information content (AvgIpc) is 3.16. The number of hydrazone groups is 1. The molecule has 1 aliphatic carbocycles. The molecule has 1 aliphatic heterocycles. The molecule has 1 aromatic heterocycles. The quantitative estimate of drug-likeness (QED) is 0.852. The normalized spacial score (nSPS) is 27.2. The summed E-state index contributed by atoms with van der Waals surface area (Å²) in [5.41, 5.74) is 0.00725. The van der Waals surface area contributed by atoms with Crippen LogP contribution in [0, 0.1) is 5.92 Å². The van der Waals surface area contributed by atoms with Crippen molar-refractivity contribution in [2.24, 2.45) is 11.0 Å². The Morgan fingerprint density at radius 1 is 1.56 bits per heavy atom. The molecule has 1 saturated carbocycles. The number of aliphatic hydroxyl groups is 1. The summed E-state index contributed by atoms with van der Waals surface area (Å²) in [6.07, 6.45) is 5.36. The van der Waals surface area contributed by atoms with Crippen LogP contribution in [0.5, 0.6) is 0 Å². The van der Waals surface area contributed by atoms with Crippen LogP contribution >= 0.6 is 0 Å². The SMILES string of the molecule is CC1=NN(C(=O)C2CC2)[C@](O)(c2cccnc2)C1. The lowest BCUT2D eigenvalue weighted by atomic mass is 9.99. The van der Waals surface area contributed by atoms with Gasteiger partial charge in [-0.25, -0.2) is 0 Å². The fourth-order valence-electron chi connectivity index (χ4n) is 2.28. The predicted molar refractivity (Wildman–Crippen MR) is 65.4 cm³/mol. The second kappa shape index (κ2) is 3.88. The third-order valence-corrected chi connectivity index (χ3v) is 3.38. The Morgan fingerprint density at radius 2 is 2.33 bits per heavy atom. The van der Waals surface area contributed by atoms with E-state index in [2.05, 4.69) is 10.1 Å². The molecule has 0 aromatic carbocycles. The van der Waals surface area contributed by atoms with Crippen molar-refractivity contribution in [2.45, 2.75) is 31.9 Å². The monoisotopic (exact) mass is 245 g/mol. The summed E-state index contributed by atoms with van der Waals surface area (Å²) in [6, 6.07) is 3.52. The molecule has 0 saturated heterocycles. The van der Waals surface area contributed by atoms with Gasteiger partial charge in [0, 0.05) is 36.0 Å². The number of aromatic nitrogens is 1. The van der Waals surface area contributed by atoms with Gasteiger partial charge < -0.3 is 5.11 Å². The van der Waals surface area contributed by atoms with E-state index < -0.39 is 5.72 Å². The average molecular weight is 245 g/mol. The number of hydrogen-bond donors (Lipinski definition) is 1. The number of carbonyl (C=O) groups is 1. The highest BCUT2D eigenvalue weighted by atomic mass is 16.3. The molecule has 5 heteroatoms. The summed E-state index contributed by atoms with van der Waals surface area (Å²) in [5, 5.41) is 16.2. The molecule has 1 amide bonds. The molecule has 2 heterocycles. The zero-order valence-corrected chi connectivity index (χ0v) is 10.2. The van der Waals surface area contributed by atoms with Gasteiger partial charge in [-0.2, -0.15) is 10.1 Å². The zero-order chi connectivity index (χ0) is 12.8. The minimum atomic E-state index is -1.36. The number of pyridine rings is 1. The van der Waals surface area contributed by atoms with Crippen molar-refractivity contribution in [3.63, 3.8) is 0 Å². The van der Waals surface area contributed by atoms with Crippen LogP contribution < -0.4 is 0 Å². The van der Waals surface area contributed by atoms with E-state index in [0.29, 0.717) is 12.0 Å². The Hall–Kier alpha value is -1.75. The lowest BCUT2D eigenvalue weighted by Crippen LogP contribution is -2.44. The van der Waals surface area contributed by atoms with Crippen molar-refractivity contribution in [3.8, 4) is 0 Å². The molecular weight excluding hydrogens is 230 g/mol. The van der Waals surface area contributed by atoms with Gasteiger partial charge in [0.15, 0.2) is 5.72 Å². The molecule has 1 fully saturated rings. The second-order valence-corrected chi connectivity index (χ2v) is 4.99. The summed E-state index contributed by atoms with van der Waals surface area (Å²) in [7, 11) is 0. The van der Waals surface area contributed by atoms with Gasteiger partial charge in [0.1, 0.15) is 0 Å². The van der Waals surface area contributed by atoms with Crippen molar-refractivity contribution in [1.82, 2.24) is 9.99 Å². The van der Waals surface area contributed by atoms with E-state index in [-0.39, 0.29) is 11.8 Å². The molecule has 0 radical (unpaired) electrons. The number of rotatable bonds is 2. The Labute approximate surface area is 105 Å². The number of hydrogen-bond acceptors (Lipinski definition) is 4. The van der Waals surface area contributed by atoms with Gasteiger partial charge in [-0.1, -0.05) is 6.07 Å². The van der Waals surface area contributed by atoms with Crippen LogP contribution in [-0.4, -0.2) is 26.7 Å². The van der Waals surface area contributed by atoms with E-state index in [1.807, 2.05) is 6.92 Å². The lowest BCUT2D eigenvalue weighted by Gasteiger charge is -2.31. The van der Waals surface area contributed by atoms with E-state index in [1.165, 1.54) is 5.01 Å². The zero-order valence-electron chi connectivity index (χ0n) is 10.2. The van der Waals surface area contributed by atoms with E-state index in [0.717, 1.165) is 18.6 Å². The summed E-state index contributed by atoms with van der Waals surface area (Å²) >= 11 is 0. The molecule has 1 atom stereocenters. The van der Waals surface area contributed by atoms with Crippen LogP contribution in [0.3, 0.4) is 0 Å². The number of nitrogens with zero attached hydrogens (tertiary/aromatic N) is 3. The Balaban J connectivity index is 1.97. The highest BCUT2D eigenvalue weighted by Gasteiger charge is 2.48. The largest absolute Gasteiger partial charge is 0.365 e. The fraction of sp³-hybridized carbons (Fsp3) is 0.462. The second-order valence-electron chi connectivity index (χ2n) is 4.99. The molecule has 0 bridgehead atoms. The maximum Gasteiger partial charge on any atom is 0.248 e. The molecular formula is C13H15N3O2. The number of carbonyl (C=O) groups excluding carboxylic acids is 1. The van der Waals surface area contributed by atoms with Crippen LogP contribution in [0.4, 0.5) is 0 Å². The summed E-state index contributed by atoms with van der Waals surface area (Å²) in [4.78, 5) is 16.2. The van der Waals surface area contributed by atoms with Crippen molar-refractivity contribution >= 4 is 11.6 Å². The van der Waals surface area contributed by atoms with E-state index in [4.69, 9.17) is 0 Å². The number of amides is 1. The molecule has 18 heavy (non-hydrogen) atoms. The van der Waals surface area contributed by atoms with Gasteiger partial charge >= 0.3 is 0 Å². The van der Waals surface area contributed by atoms with Gasteiger partial charge in [-0.15, -0.1) is 0 Å². The van der Waals surface area contributed by atoms with Gasteiger partial charge in [0.2, 0.25) is 5.91 Å². The first-order valence-corrected chi connectivity index (χ1v) is 6.12. The highest BCUT2D eigenvalue weighted by molar-refractivity contribution is 5.90.